The van der Waals surface area contributed by atoms with Crippen molar-refractivity contribution in [1.82, 2.24) is 0 Å². The lowest BCUT2D eigenvalue weighted by molar-refractivity contribution is 0.667. The van der Waals surface area contributed by atoms with Crippen molar-refractivity contribution >= 4 is 17.8 Å². The molecule has 0 aromatic heterocycles. The van der Waals surface area contributed by atoms with Crippen LogP contribution in [0.4, 0.5) is 0 Å². The molecule has 0 aromatic carbocycles. The third-order valence-corrected chi connectivity index (χ3v) is 0.807. The Labute approximate surface area is 55.8 Å². The molecule has 0 N–H and O–H groups in total. The van der Waals surface area contributed by atoms with Gasteiger partial charge in [0.15, 0.2) is 0 Å². The highest BCUT2D eigenvalue weighted by atomic mass is 35.5. The Morgan fingerprint density at radius 2 is 2.25 bits per heavy atom. The molecule has 48 valence electrons. The standard InChI is InChI=1S/C6H12ClN/c1-6(2)5-8-4-3-7/h4,6H,3,5H2,1-2H3. The minimum Gasteiger partial charge on any atom is -0.296 e. The number of nitrogens with zero attached hydrogens (tertiary/aromatic N) is 1. The zero-order valence-electron chi connectivity index (χ0n) is 5.39. The molecule has 0 aliphatic rings. The number of aliphatic imine (C=N–C) groups is 1. The molecule has 2 heteroatoms. The van der Waals surface area contributed by atoms with Crippen LogP contribution in [-0.2, 0) is 0 Å². The fourth-order valence-electron chi connectivity index (χ4n) is 0.334. The van der Waals surface area contributed by atoms with E-state index in [0.717, 1.165) is 6.54 Å². The molecule has 0 radical (unpaired) electrons. The Kier molecular flexibility index (Phi) is 5.08. The minimum atomic E-state index is 0.534. The third-order valence-electron chi connectivity index (χ3n) is 0.669. The first-order valence-electron chi connectivity index (χ1n) is 2.81. The average molecular weight is 134 g/mol. The molecule has 0 rings (SSSR count). The van der Waals surface area contributed by atoms with Crippen molar-refractivity contribution in [3.05, 3.63) is 0 Å². The van der Waals surface area contributed by atoms with E-state index < -0.39 is 0 Å². The van der Waals surface area contributed by atoms with Gasteiger partial charge >= 0.3 is 0 Å². The van der Waals surface area contributed by atoms with Crippen LogP contribution >= 0.6 is 11.6 Å². The summed E-state index contributed by atoms with van der Waals surface area (Å²) in [6, 6.07) is 0. The number of hydrogen-bond donors (Lipinski definition) is 0. The lowest BCUT2D eigenvalue weighted by Crippen LogP contribution is -1.91. The van der Waals surface area contributed by atoms with Crippen LogP contribution in [0.25, 0.3) is 0 Å². The second-order valence-electron chi connectivity index (χ2n) is 2.10. The summed E-state index contributed by atoms with van der Waals surface area (Å²) < 4.78 is 0. The monoisotopic (exact) mass is 133 g/mol. The van der Waals surface area contributed by atoms with Crippen LogP contribution in [0.1, 0.15) is 13.8 Å². The predicted molar refractivity (Wildman–Crippen MR) is 38.9 cm³/mol. The maximum Gasteiger partial charge on any atom is 0.0573 e. The summed E-state index contributed by atoms with van der Waals surface area (Å²) in [7, 11) is 0. The van der Waals surface area contributed by atoms with E-state index in [1.807, 2.05) is 0 Å². The Morgan fingerprint density at radius 3 is 2.62 bits per heavy atom. The molecule has 0 atom stereocenters. The van der Waals surface area contributed by atoms with Gasteiger partial charge in [-0.15, -0.1) is 11.6 Å². The summed E-state index contributed by atoms with van der Waals surface area (Å²) in [6.45, 7) is 5.16. The normalized spacial score (nSPS) is 11.5. The fraction of sp³-hybridized carbons (Fsp3) is 0.833. The molecule has 0 aromatic rings. The lowest BCUT2D eigenvalue weighted by atomic mass is 10.2. The van der Waals surface area contributed by atoms with Gasteiger partial charge in [-0.2, -0.15) is 0 Å². The number of rotatable bonds is 3. The quantitative estimate of drug-likeness (QED) is 0.412. The molecule has 0 unspecified atom stereocenters. The van der Waals surface area contributed by atoms with Gasteiger partial charge in [-0.1, -0.05) is 13.8 Å². The zero-order chi connectivity index (χ0) is 6.41. The second-order valence-corrected chi connectivity index (χ2v) is 2.40. The zero-order valence-corrected chi connectivity index (χ0v) is 6.15. The first-order chi connectivity index (χ1) is 3.77. The van der Waals surface area contributed by atoms with Crippen LogP contribution in [0.15, 0.2) is 4.99 Å². The molecule has 0 aliphatic carbocycles. The van der Waals surface area contributed by atoms with Crippen molar-refractivity contribution in [2.24, 2.45) is 10.9 Å². The van der Waals surface area contributed by atoms with Gasteiger partial charge in [0, 0.05) is 12.8 Å². The van der Waals surface area contributed by atoms with E-state index in [9.17, 15) is 0 Å². The summed E-state index contributed by atoms with van der Waals surface area (Å²) in [6.07, 6.45) is 1.74. The summed E-state index contributed by atoms with van der Waals surface area (Å²) in [5, 5.41) is 0. The van der Waals surface area contributed by atoms with Crippen molar-refractivity contribution < 1.29 is 0 Å². The average Bonchev–Trinajstić information content (AvgIpc) is 1.66. The molecule has 8 heavy (non-hydrogen) atoms. The molecular formula is C6H12ClN. The van der Waals surface area contributed by atoms with E-state index in [1.165, 1.54) is 0 Å². The van der Waals surface area contributed by atoms with E-state index in [-0.39, 0.29) is 0 Å². The Hall–Kier alpha value is -0.0400. The molecule has 0 amide bonds. The molecule has 0 heterocycles. The maximum absolute atomic E-state index is 5.34. The molecular weight excluding hydrogens is 122 g/mol. The van der Waals surface area contributed by atoms with Crippen LogP contribution < -0.4 is 0 Å². The van der Waals surface area contributed by atoms with E-state index in [4.69, 9.17) is 11.6 Å². The van der Waals surface area contributed by atoms with E-state index in [0.29, 0.717) is 11.8 Å². The maximum atomic E-state index is 5.34. The number of alkyl halides is 1. The highest BCUT2D eigenvalue weighted by Gasteiger charge is 1.85. The SMILES string of the molecule is CC(C)CN=CCCl. The highest BCUT2D eigenvalue weighted by molar-refractivity contribution is 6.24. The fourth-order valence-corrected chi connectivity index (χ4v) is 0.432. The molecule has 0 bridgehead atoms. The first-order valence-corrected chi connectivity index (χ1v) is 3.35. The number of halogens is 1. The van der Waals surface area contributed by atoms with Gasteiger partial charge in [-0.3, -0.25) is 4.99 Å². The highest BCUT2D eigenvalue weighted by Crippen LogP contribution is 1.89. The molecule has 0 saturated heterocycles. The van der Waals surface area contributed by atoms with Gasteiger partial charge in [0.05, 0.1) is 5.88 Å². The third kappa shape index (κ3) is 5.96. The summed E-state index contributed by atoms with van der Waals surface area (Å²) in [5.74, 6) is 1.18. The van der Waals surface area contributed by atoms with Crippen molar-refractivity contribution in [1.29, 1.82) is 0 Å². The predicted octanol–water partition coefficient (Wildman–Crippen LogP) is 1.95. The van der Waals surface area contributed by atoms with Crippen molar-refractivity contribution in [2.45, 2.75) is 13.8 Å². The summed E-state index contributed by atoms with van der Waals surface area (Å²) in [4.78, 5) is 4.03. The minimum absolute atomic E-state index is 0.534. The number of hydrogen-bond acceptors (Lipinski definition) is 1. The Morgan fingerprint density at radius 1 is 1.62 bits per heavy atom. The topological polar surface area (TPSA) is 12.4 Å². The summed E-state index contributed by atoms with van der Waals surface area (Å²) in [5.41, 5.74) is 0. The van der Waals surface area contributed by atoms with Gasteiger partial charge < -0.3 is 0 Å². The first kappa shape index (κ1) is 7.96. The van der Waals surface area contributed by atoms with Crippen LogP contribution in [-0.4, -0.2) is 18.6 Å². The molecule has 0 saturated carbocycles. The van der Waals surface area contributed by atoms with Gasteiger partial charge in [0.1, 0.15) is 0 Å². The van der Waals surface area contributed by atoms with Gasteiger partial charge in [0.25, 0.3) is 0 Å². The van der Waals surface area contributed by atoms with Crippen molar-refractivity contribution in [3.8, 4) is 0 Å². The Bertz CT molecular complexity index is 68.9. The molecule has 0 fully saturated rings. The van der Waals surface area contributed by atoms with Crippen LogP contribution in [0.2, 0.25) is 0 Å². The van der Waals surface area contributed by atoms with Gasteiger partial charge in [-0.05, 0) is 5.92 Å². The smallest absolute Gasteiger partial charge is 0.0573 e. The van der Waals surface area contributed by atoms with Crippen LogP contribution in [0.3, 0.4) is 0 Å². The molecule has 0 aliphatic heterocycles. The van der Waals surface area contributed by atoms with Crippen LogP contribution in [0.5, 0.6) is 0 Å². The van der Waals surface area contributed by atoms with E-state index in [2.05, 4.69) is 18.8 Å². The van der Waals surface area contributed by atoms with E-state index in [1.54, 1.807) is 6.21 Å². The van der Waals surface area contributed by atoms with E-state index >= 15 is 0 Å². The van der Waals surface area contributed by atoms with Crippen LogP contribution in [0, 0.1) is 5.92 Å². The van der Waals surface area contributed by atoms with Crippen molar-refractivity contribution in [2.75, 3.05) is 12.4 Å². The molecule has 1 nitrogen and oxygen atoms in total. The van der Waals surface area contributed by atoms with Gasteiger partial charge in [0.2, 0.25) is 0 Å². The summed E-state index contributed by atoms with van der Waals surface area (Å²) >= 11 is 5.34. The lowest BCUT2D eigenvalue weighted by Gasteiger charge is -1.94. The second kappa shape index (κ2) is 5.10. The largest absolute Gasteiger partial charge is 0.296 e. The van der Waals surface area contributed by atoms with Gasteiger partial charge in [-0.25, -0.2) is 0 Å². The van der Waals surface area contributed by atoms with Crippen molar-refractivity contribution in [3.63, 3.8) is 0 Å². The Balaban J connectivity index is 3.03. The molecule has 0 spiro atoms.